The van der Waals surface area contributed by atoms with Crippen molar-refractivity contribution in [2.24, 2.45) is 0 Å². The molecule has 5 aromatic rings. The highest BCUT2D eigenvalue weighted by molar-refractivity contribution is 6.32. The summed E-state index contributed by atoms with van der Waals surface area (Å²) >= 11 is 6.36. The molecule has 0 aliphatic carbocycles. The molecule has 0 saturated carbocycles. The number of nitrogens with one attached hydrogen (secondary N) is 2. The lowest BCUT2D eigenvalue weighted by Gasteiger charge is -2.09. The van der Waals surface area contributed by atoms with Crippen LogP contribution in [-0.2, 0) is 6.42 Å². The van der Waals surface area contributed by atoms with Crippen molar-refractivity contribution >= 4 is 39.5 Å². The van der Waals surface area contributed by atoms with E-state index in [1.807, 2.05) is 34.9 Å². The summed E-state index contributed by atoms with van der Waals surface area (Å²) in [4.78, 5) is 16.6. The minimum atomic E-state index is 0.477. The third-order valence-electron chi connectivity index (χ3n) is 4.76. The Morgan fingerprint density at radius 1 is 1.04 bits per heavy atom. The fourth-order valence-corrected chi connectivity index (χ4v) is 3.57. The average molecular weight is 389 g/mol. The van der Waals surface area contributed by atoms with Crippen LogP contribution in [-0.4, -0.2) is 31.0 Å². The van der Waals surface area contributed by atoms with Crippen LogP contribution in [0.3, 0.4) is 0 Å². The van der Waals surface area contributed by atoms with Gasteiger partial charge in [0.1, 0.15) is 11.3 Å². The number of H-pyrrole nitrogens is 1. The highest BCUT2D eigenvalue weighted by Crippen LogP contribution is 2.23. The third-order valence-corrected chi connectivity index (χ3v) is 5.03. The van der Waals surface area contributed by atoms with E-state index in [0.717, 1.165) is 23.0 Å². The van der Waals surface area contributed by atoms with Gasteiger partial charge in [-0.15, -0.1) is 0 Å². The van der Waals surface area contributed by atoms with E-state index in [2.05, 4.69) is 49.6 Å². The minimum absolute atomic E-state index is 0.477. The fourth-order valence-electron chi connectivity index (χ4n) is 3.39. The number of nitrogens with zero attached hydrogens (tertiary/aromatic N) is 4. The Kier molecular flexibility index (Phi) is 4.18. The summed E-state index contributed by atoms with van der Waals surface area (Å²) in [5.74, 6) is 1.15. The molecule has 2 aromatic carbocycles. The summed E-state index contributed by atoms with van der Waals surface area (Å²) in [6, 6.07) is 16.2. The topological polar surface area (TPSA) is 71.4 Å². The number of rotatable bonds is 5. The number of para-hydroxylation sites is 3. The van der Waals surface area contributed by atoms with E-state index < -0.39 is 0 Å². The zero-order valence-electron chi connectivity index (χ0n) is 14.9. The maximum atomic E-state index is 6.36. The molecule has 5 rings (SSSR count). The van der Waals surface area contributed by atoms with Crippen molar-refractivity contribution in [3.8, 4) is 5.82 Å². The molecule has 0 unspecified atom stereocenters. The largest absolute Gasteiger partial charge is 0.361 e. The number of halogens is 1. The minimum Gasteiger partial charge on any atom is -0.361 e. The summed E-state index contributed by atoms with van der Waals surface area (Å²) in [6.45, 7) is 0.716. The smallest absolute Gasteiger partial charge is 0.224 e. The fraction of sp³-hybridized carbons (Fsp3) is 0.0952. The highest BCUT2D eigenvalue weighted by atomic mass is 35.5. The summed E-state index contributed by atoms with van der Waals surface area (Å²) < 4.78 is 1.88. The van der Waals surface area contributed by atoms with E-state index in [-0.39, 0.29) is 0 Å². The Balaban J connectivity index is 1.37. The van der Waals surface area contributed by atoms with Gasteiger partial charge in [-0.1, -0.05) is 41.9 Å². The number of imidazole rings is 1. The van der Waals surface area contributed by atoms with E-state index >= 15 is 0 Å². The molecule has 28 heavy (non-hydrogen) atoms. The van der Waals surface area contributed by atoms with Crippen LogP contribution in [0.15, 0.2) is 67.3 Å². The van der Waals surface area contributed by atoms with Crippen LogP contribution >= 0.6 is 11.6 Å². The molecule has 0 aliphatic heterocycles. The molecule has 3 heterocycles. The van der Waals surface area contributed by atoms with Crippen molar-refractivity contribution in [2.75, 3.05) is 11.9 Å². The molecular formula is C21H17ClN6. The van der Waals surface area contributed by atoms with Crippen LogP contribution in [0.4, 0.5) is 5.95 Å². The van der Waals surface area contributed by atoms with Crippen molar-refractivity contribution in [3.63, 3.8) is 0 Å². The van der Waals surface area contributed by atoms with E-state index in [9.17, 15) is 0 Å². The van der Waals surface area contributed by atoms with Crippen LogP contribution < -0.4 is 5.32 Å². The number of aromatic amines is 1. The van der Waals surface area contributed by atoms with Crippen molar-refractivity contribution in [1.82, 2.24) is 24.5 Å². The Morgan fingerprint density at radius 3 is 2.86 bits per heavy atom. The van der Waals surface area contributed by atoms with Crippen molar-refractivity contribution in [1.29, 1.82) is 0 Å². The van der Waals surface area contributed by atoms with Crippen molar-refractivity contribution < 1.29 is 0 Å². The summed E-state index contributed by atoms with van der Waals surface area (Å²) in [6.07, 6.45) is 6.26. The zero-order valence-corrected chi connectivity index (χ0v) is 15.7. The standard InChI is InChI=1S/C21H17ClN6/c22-16-12-25-21(23-10-9-14-11-24-17-6-2-1-5-15(14)17)27-20(16)28-13-26-18-7-3-4-8-19(18)28/h1-8,11-13,24H,9-10H2,(H,23,25,27). The van der Waals surface area contributed by atoms with E-state index in [1.54, 1.807) is 12.5 Å². The normalized spacial score (nSPS) is 11.3. The summed E-state index contributed by atoms with van der Waals surface area (Å²) in [7, 11) is 0. The van der Waals surface area contributed by atoms with Crippen LogP contribution in [0.25, 0.3) is 27.8 Å². The second-order valence-corrected chi connectivity index (χ2v) is 6.91. The van der Waals surface area contributed by atoms with Gasteiger partial charge in [-0.05, 0) is 30.2 Å². The van der Waals surface area contributed by atoms with Gasteiger partial charge < -0.3 is 10.3 Å². The molecule has 138 valence electrons. The van der Waals surface area contributed by atoms with Crippen LogP contribution in [0.5, 0.6) is 0 Å². The molecule has 7 heteroatoms. The summed E-state index contributed by atoms with van der Waals surface area (Å²) in [5.41, 5.74) is 4.26. The van der Waals surface area contributed by atoms with Crippen LogP contribution in [0.1, 0.15) is 5.56 Å². The van der Waals surface area contributed by atoms with Crippen LogP contribution in [0, 0.1) is 0 Å². The quantitative estimate of drug-likeness (QED) is 0.461. The maximum Gasteiger partial charge on any atom is 0.224 e. The number of fused-ring (bicyclic) bond motifs is 2. The van der Waals surface area contributed by atoms with Gasteiger partial charge in [0, 0.05) is 23.6 Å². The number of anilines is 1. The highest BCUT2D eigenvalue weighted by Gasteiger charge is 2.11. The van der Waals surface area contributed by atoms with E-state index in [0.29, 0.717) is 23.3 Å². The molecule has 2 N–H and O–H groups in total. The monoisotopic (exact) mass is 388 g/mol. The second-order valence-electron chi connectivity index (χ2n) is 6.50. The molecule has 0 amide bonds. The third kappa shape index (κ3) is 2.97. The van der Waals surface area contributed by atoms with Gasteiger partial charge in [-0.3, -0.25) is 4.57 Å². The van der Waals surface area contributed by atoms with Gasteiger partial charge in [-0.2, -0.15) is 4.98 Å². The molecule has 3 aromatic heterocycles. The second kappa shape index (κ2) is 6.98. The van der Waals surface area contributed by atoms with Gasteiger partial charge in [0.05, 0.1) is 17.2 Å². The van der Waals surface area contributed by atoms with Crippen molar-refractivity contribution in [3.05, 3.63) is 77.8 Å². The van der Waals surface area contributed by atoms with Gasteiger partial charge in [0.25, 0.3) is 0 Å². The molecule has 0 atom stereocenters. The Labute approximate surface area is 166 Å². The lowest BCUT2D eigenvalue weighted by Crippen LogP contribution is -2.09. The van der Waals surface area contributed by atoms with E-state index in [4.69, 9.17) is 11.6 Å². The first-order chi connectivity index (χ1) is 13.8. The molecule has 0 fully saturated rings. The number of aromatic nitrogens is 5. The van der Waals surface area contributed by atoms with Gasteiger partial charge in [-0.25, -0.2) is 9.97 Å². The molecule has 0 radical (unpaired) electrons. The molecule has 6 nitrogen and oxygen atoms in total. The Bertz CT molecular complexity index is 1270. The average Bonchev–Trinajstić information content (AvgIpc) is 3.34. The Morgan fingerprint density at radius 2 is 1.89 bits per heavy atom. The lowest BCUT2D eigenvalue weighted by atomic mass is 10.1. The number of hydrogen-bond acceptors (Lipinski definition) is 4. The number of hydrogen-bond donors (Lipinski definition) is 2. The molecule has 0 aliphatic rings. The maximum absolute atomic E-state index is 6.36. The Hall–Kier alpha value is -3.38. The van der Waals surface area contributed by atoms with Crippen LogP contribution in [0.2, 0.25) is 5.02 Å². The predicted molar refractivity (Wildman–Crippen MR) is 112 cm³/mol. The molecule has 0 bridgehead atoms. The molecule has 0 saturated heterocycles. The first-order valence-corrected chi connectivity index (χ1v) is 9.41. The zero-order chi connectivity index (χ0) is 18.9. The summed E-state index contributed by atoms with van der Waals surface area (Å²) in [5, 5.41) is 5.02. The predicted octanol–water partition coefficient (Wildman–Crippen LogP) is 4.60. The molecular weight excluding hydrogens is 372 g/mol. The van der Waals surface area contributed by atoms with E-state index in [1.165, 1.54) is 10.9 Å². The SMILES string of the molecule is Clc1cnc(NCCc2c[nH]c3ccccc23)nc1-n1cnc2ccccc21. The number of benzene rings is 2. The van der Waals surface area contributed by atoms with Gasteiger partial charge in [0.2, 0.25) is 5.95 Å². The van der Waals surface area contributed by atoms with Gasteiger partial charge in [0.15, 0.2) is 5.82 Å². The van der Waals surface area contributed by atoms with Crippen molar-refractivity contribution in [2.45, 2.75) is 6.42 Å². The first-order valence-electron chi connectivity index (χ1n) is 9.03. The molecule has 0 spiro atoms. The van der Waals surface area contributed by atoms with Gasteiger partial charge >= 0.3 is 0 Å². The first kappa shape index (κ1) is 16.8. The lowest BCUT2D eigenvalue weighted by molar-refractivity contribution is 0.956.